The van der Waals surface area contributed by atoms with E-state index in [9.17, 15) is 9.90 Å². The van der Waals surface area contributed by atoms with Gasteiger partial charge in [-0.05, 0) is 38.8 Å². The molecule has 2 aliphatic rings. The van der Waals surface area contributed by atoms with E-state index in [-0.39, 0.29) is 15.3 Å². The number of hydrogen-bond acceptors (Lipinski definition) is 7. The summed E-state index contributed by atoms with van der Waals surface area (Å²) < 4.78 is 5.11. The summed E-state index contributed by atoms with van der Waals surface area (Å²) in [5, 5.41) is 15.4. The summed E-state index contributed by atoms with van der Waals surface area (Å²) in [5.74, 6) is 0.819. The lowest BCUT2D eigenvalue weighted by Gasteiger charge is -2.18. The van der Waals surface area contributed by atoms with Crippen LogP contribution in [0.15, 0.2) is 24.5 Å². The molecule has 1 fully saturated rings. The zero-order valence-electron chi connectivity index (χ0n) is 16.5. The van der Waals surface area contributed by atoms with Gasteiger partial charge in [-0.2, -0.15) is 0 Å². The summed E-state index contributed by atoms with van der Waals surface area (Å²) in [6.07, 6.45) is 9.16. The Morgan fingerprint density at radius 1 is 1.18 bits per heavy atom. The fourth-order valence-electron chi connectivity index (χ4n) is 3.12. The van der Waals surface area contributed by atoms with E-state index in [2.05, 4.69) is 25.6 Å². The standard InChI is InChI=1S/C14H15N5O2.C6H12O.2H2/c1-14(2,21)10-4-3-8(5-15-10)9-6-16-12-13(18-9)19-11(20)7-17-12;1-7-6-4-2-3-5-6;;/h3-6,21H,7H2,1-2H3,(H,16,17)(H,18,19,20);6H,2-5H2,1H3;2*1H. The van der Waals surface area contributed by atoms with Crippen LogP contribution >= 0.6 is 0 Å². The van der Waals surface area contributed by atoms with Crippen molar-refractivity contribution in [2.45, 2.75) is 51.2 Å². The number of methoxy groups -OCH3 is 1. The molecule has 1 aliphatic heterocycles. The molecule has 0 bridgehead atoms. The lowest BCUT2D eigenvalue weighted by molar-refractivity contribution is -0.114. The molecule has 8 nitrogen and oxygen atoms in total. The Bertz CT molecular complexity index is 822. The van der Waals surface area contributed by atoms with Crippen molar-refractivity contribution in [2.75, 3.05) is 24.3 Å². The van der Waals surface area contributed by atoms with Gasteiger partial charge in [0.05, 0.1) is 30.2 Å². The van der Waals surface area contributed by atoms with E-state index in [1.807, 2.05) is 6.07 Å². The highest BCUT2D eigenvalue weighted by atomic mass is 16.5. The smallest absolute Gasteiger partial charge is 0.244 e. The Morgan fingerprint density at radius 3 is 2.50 bits per heavy atom. The fourth-order valence-corrected chi connectivity index (χ4v) is 3.12. The number of amides is 1. The molecule has 4 rings (SSSR count). The van der Waals surface area contributed by atoms with Crippen molar-refractivity contribution in [3.05, 3.63) is 30.2 Å². The normalized spacial score (nSPS) is 16.5. The Kier molecular flexibility index (Phi) is 6.21. The van der Waals surface area contributed by atoms with Gasteiger partial charge in [-0.1, -0.05) is 12.8 Å². The number of pyridine rings is 1. The zero-order valence-corrected chi connectivity index (χ0v) is 16.5. The van der Waals surface area contributed by atoms with E-state index in [0.29, 0.717) is 29.1 Å². The number of nitrogens with one attached hydrogen (secondary N) is 2. The average molecular weight is 390 g/mol. The number of aromatic nitrogens is 3. The van der Waals surface area contributed by atoms with Crippen molar-refractivity contribution < 1.29 is 17.5 Å². The third kappa shape index (κ3) is 5.02. The van der Waals surface area contributed by atoms with Gasteiger partial charge in [0.1, 0.15) is 5.60 Å². The first-order valence-corrected chi connectivity index (χ1v) is 9.49. The van der Waals surface area contributed by atoms with E-state index >= 15 is 0 Å². The number of aliphatic hydroxyl groups is 1. The molecule has 0 spiro atoms. The maximum atomic E-state index is 11.3. The van der Waals surface area contributed by atoms with E-state index in [1.54, 1.807) is 39.4 Å². The van der Waals surface area contributed by atoms with E-state index in [0.717, 1.165) is 5.56 Å². The third-order valence-corrected chi connectivity index (χ3v) is 4.77. The van der Waals surface area contributed by atoms with E-state index < -0.39 is 5.60 Å². The number of ether oxygens (including phenoxy) is 1. The minimum Gasteiger partial charge on any atom is -0.384 e. The first-order chi connectivity index (χ1) is 13.4. The van der Waals surface area contributed by atoms with Gasteiger partial charge in [0, 0.05) is 21.7 Å². The predicted octanol–water partition coefficient (Wildman–Crippen LogP) is 3.20. The highest BCUT2D eigenvalue weighted by Crippen LogP contribution is 2.25. The number of fused-ring (bicyclic) bond motifs is 1. The highest BCUT2D eigenvalue weighted by Gasteiger charge is 2.19. The maximum Gasteiger partial charge on any atom is 0.244 e. The van der Waals surface area contributed by atoms with Gasteiger partial charge in [0.2, 0.25) is 5.91 Å². The second-order valence-corrected chi connectivity index (χ2v) is 7.49. The molecule has 154 valence electrons. The Morgan fingerprint density at radius 2 is 1.93 bits per heavy atom. The number of anilines is 2. The lowest BCUT2D eigenvalue weighted by atomic mass is 10.0. The SMILES string of the molecule is CC(C)(O)c1ccc(-c2cnc3c(n2)NC(=O)CN3)cn1.COC1CCCC1.[HH].[HH]. The summed E-state index contributed by atoms with van der Waals surface area (Å²) >= 11 is 0. The summed E-state index contributed by atoms with van der Waals surface area (Å²) in [5.41, 5.74) is 0.954. The van der Waals surface area contributed by atoms with Crippen LogP contribution in [0.4, 0.5) is 11.6 Å². The van der Waals surface area contributed by atoms with Gasteiger partial charge in [-0.15, -0.1) is 0 Å². The minimum absolute atomic E-state index is 0. The number of hydrogen-bond donors (Lipinski definition) is 3. The topological polar surface area (TPSA) is 109 Å². The molecule has 3 N–H and O–H groups in total. The average Bonchev–Trinajstić information content (AvgIpc) is 3.21. The van der Waals surface area contributed by atoms with Gasteiger partial charge in [-0.3, -0.25) is 9.78 Å². The molecular formula is C20H31N5O3. The van der Waals surface area contributed by atoms with Crippen molar-refractivity contribution in [1.82, 2.24) is 15.0 Å². The number of carbonyl (C=O) groups is 1. The monoisotopic (exact) mass is 389 g/mol. The second kappa shape index (κ2) is 8.62. The molecule has 0 saturated heterocycles. The van der Waals surface area contributed by atoms with Crippen LogP contribution < -0.4 is 10.6 Å². The Balaban J connectivity index is 0.000000429. The van der Waals surface area contributed by atoms with Crippen molar-refractivity contribution in [1.29, 1.82) is 0 Å². The summed E-state index contributed by atoms with van der Waals surface area (Å²) in [6, 6.07) is 3.56. The lowest BCUT2D eigenvalue weighted by Crippen LogP contribution is -2.28. The molecular weight excluding hydrogens is 358 g/mol. The number of rotatable bonds is 3. The maximum absolute atomic E-state index is 11.3. The van der Waals surface area contributed by atoms with Gasteiger partial charge in [-0.25, -0.2) is 9.97 Å². The quantitative estimate of drug-likeness (QED) is 0.739. The first-order valence-electron chi connectivity index (χ1n) is 9.49. The van der Waals surface area contributed by atoms with Crippen LogP contribution in [0.5, 0.6) is 0 Å². The van der Waals surface area contributed by atoms with Crippen LogP contribution in [0.3, 0.4) is 0 Å². The van der Waals surface area contributed by atoms with Crippen molar-refractivity contribution >= 4 is 17.5 Å². The largest absolute Gasteiger partial charge is 0.384 e. The Labute approximate surface area is 167 Å². The van der Waals surface area contributed by atoms with Crippen LogP contribution in [0.2, 0.25) is 0 Å². The first kappa shape index (κ1) is 20.2. The van der Waals surface area contributed by atoms with E-state index in [1.165, 1.54) is 25.7 Å². The summed E-state index contributed by atoms with van der Waals surface area (Å²) in [6.45, 7) is 3.55. The third-order valence-electron chi connectivity index (χ3n) is 4.77. The van der Waals surface area contributed by atoms with Crippen LogP contribution in [0.25, 0.3) is 11.3 Å². The molecule has 1 saturated carbocycles. The summed E-state index contributed by atoms with van der Waals surface area (Å²) in [4.78, 5) is 24.2. The molecule has 0 aromatic carbocycles. The minimum atomic E-state index is -0.988. The molecule has 2 aromatic heterocycles. The fraction of sp³-hybridized carbons (Fsp3) is 0.500. The molecule has 2 aromatic rings. The molecule has 28 heavy (non-hydrogen) atoms. The molecule has 3 heterocycles. The number of nitrogens with zero attached hydrogens (tertiary/aromatic N) is 3. The van der Waals surface area contributed by atoms with E-state index in [4.69, 9.17) is 4.74 Å². The summed E-state index contributed by atoms with van der Waals surface area (Å²) in [7, 11) is 1.80. The molecule has 0 atom stereocenters. The van der Waals surface area contributed by atoms with Crippen LogP contribution in [-0.4, -0.2) is 45.7 Å². The molecule has 0 radical (unpaired) electrons. The van der Waals surface area contributed by atoms with Crippen LogP contribution in [0, 0.1) is 0 Å². The van der Waals surface area contributed by atoms with Crippen LogP contribution in [-0.2, 0) is 15.1 Å². The molecule has 8 heteroatoms. The van der Waals surface area contributed by atoms with Gasteiger partial charge in [0.25, 0.3) is 0 Å². The van der Waals surface area contributed by atoms with Crippen molar-refractivity contribution in [2.24, 2.45) is 0 Å². The molecule has 1 aliphatic carbocycles. The molecule has 1 amide bonds. The van der Waals surface area contributed by atoms with Gasteiger partial charge >= 0.3 is 0 Å². The van der Waals surface area contributed by atoms with Crippen molar-refractivity contribution in [3.8, 4) is 11.3 Å². The predicted molar refractivity (Wildman–Crippen MR) is 111 cm³/mol. The second-order valence-electron chi connectivity index (χ2n) is 7.49. The van der Waals surface area contributed by atoms with Gasteiger partial charge < -0.3 is 20.5 Å². The highest BCUT2D eigenvalue weighted by molar-refractivity contribution is 5.98. The number of carbonyl (C=O) groups excluding carboxylic acids is 1. The zero-order chi connectivity index (χ0) is 20.1. The van der Waals surface area contributed by atoms with Crippen LogP contribution in [0.1, 0.15) is 48.1 Å². The Hall–Kier alpha value is -2.58. The van der Waals surface area contributed by atoms with Crippen molar-refractivity contribution in [3.63, 3.8) is 0 Å². The van der Waals surface area contributed by atoms with Gasteiger partial charge in [0.15, 0.2) is 11.6 Å². The molecule has 0 unspecified atom stereocenters.